The van der Waals surface area contributed by atoms with Crippen LogP contribution in [0.25, 0.3) is 0 Å². The minimum absolute atomic E-state index is 0.0295. The number of anilines is 1. The number of aromatic nitrogens is 3. The van der Waals surface area contributed by atoms with Gasteiger partial charge in [-0.1, -0.05) is 5.16 Å². The van der Waals surface area contributed by atoms with Crippen LogP contribution in [-0.4, -0.2) is 25.8 Å². The van der Waals surface area contributed by atoms with Crippen LogP contribution in [0.2, 0.25) is 0 Å². The van der Waals surface area contributed by atoms with Crippen LogP contribution in [-0.2, 0) is 6.54 Å². The molecule has 1 amide bonds. The molecule has 2 heterocycles. The number of rotatable bonds is 5. The van der Waals surface area contributed by atoms with Crippen molar-refractivity contribution < 1.29 is 36.2 Å². The van der Waals surface area contributed by atoms with E-state index >= 15 is 0 Å². The lowest BCUT2D eigenvalue weighted by Crippen LogP contribution is -2.19. The Hall–Kier alpha value is -3.84. The molecular weight excluding hydrogens is 433 g/mol. The van der Waals surface area contributed by atoms with Crippen LogP contribution in [0, 0.1) is 60.0 Å². The lowest BCUT2D eigenvalue weighted by molar-refractivity contribution is -0.386. The van der Waals surface area contributed by atoms with Gasteiger partial charge in [-0.15, -0.1) is 0 Å². The molecule has 0 aliphatic carbocycles. The van der Waals surface area contributed by atoms with Crippen molar-refractivity contribution in [2.75, 3.05) is 5.32 Å². The molecule has 0 radical (unpaired) electrons. The van der Waals surface area contributed by atoms with Crippen molar-refractivity contribution in [1.29, 1.82) is 0 Å². The van der Waals surface area contributed by atoms with Crippen LogP contribution in [0.3, 0.4) is 0 Å². The Labute approximate surface area is 169 Å². The summed E-state index contributed by atoms with van der Waals surface area (Å²) in [5.41, 5.74) is -2.06. The summed E-state index contributed by atoms with van der Waals surface area (Å²) in [7, 11) is 0. The molecule has 1 N–H and O–H groups in total. The van der Waals surface area contributed by atoms with Crippen molar-refractivity contribution in [3.63, 3.8) is 0 Å². The summed E-state index contributed by atoms with van der Waals surface area (Å²) in [4.78, 5) is 23.0. The third-order valence-electron chi connectivity index (χ3n) is 4.48. The maximum atomic E-state index is 13.8. The normalized spacial score (nSPS) is 11.1. The lowest BCUT2D eigenvalue weighted by atomic mass is 10.1. The number of nitrogens with zero attached hydrogens (tertiary/aromatic N) is 4. The molecule has 9 nitrogen and oxygen atoms in total. The second-order valence-electron chi connectivity index (χ2n) is 6.40. The minimum atomic E-state index is -2.38. The van der Waals surface area contributed by atoms with Gasteiger partial charge in [0.1, 0.15) is 22.8 Å². The molecule has 0 saturated carbocycles. The van der Waals surface area contributed by atoms with E-state index in [4.69, 9.17) is 4.52 Å². The molecular formula is C17H12F5N5O4. The SMILES string of the molecule is Cc1nn(Cc2c(C(=O)Nc3c(F)c(F)c(F)c(F)c3F)noc2C)c(C)c1[N+](=O)[O-]. The van der Waals surface area contributed by atoms with Gasteiger partial charge in [-0.2, -0.15) is 5.10 Å². The van der Waals surface area contributed by atoms with Gasteiger partial charge < -0.3 is 9.84 Å². The number of benzene rings is 1. The predicted octanol–water partition coefficient (Wildman–Crippen LogP) is 3.70. The van der Waals surface area contributed by atoms with Gasteiger partial charge in [0.05, 0.1) is 11.5 Å². The van der Waals surface area contributed by atoms with E-state index in [1.807, 2.05) is 0 Å². The summed E-state index contributed by atoms with van der Waals surface area (Å²) < 4.78 is 73.7. The first kappa shape index (κ1) is 21.9. The Balaban J connectivity index is 1.98. The summed E-state index contributed by atoms with van der Waals surface area (Å²) >= 11 is 0. The smallest absolute Gasteiger partial charge is 0.312 e. The van der Waals surface area contributed by atoms with Crippen LogP contribution in [0.1, 0.15) is 33.2 Å². The average Bonchev–Trinajstić information content (AvgIpc) is 3.21. The molecule has 0 bridgehead atoms. The second-order valence-corrected chi connectivity index (χ2v) is 6.40. The Bertz CT molecular complexity index is 1210. The van der Waals surface area contributed by atoms with Gasteiger partial charge in [-0.05, 0) is 20.8 Å². The third kappa shape index (κ3) is 3.60. The van der Waals surface area contributed by atoms with Crippen molar-refractivity contribution in [3.05, 3.63) is 67.6 Å². The van der Waals surface area contributed by atoms with Crippen molar-refractivity contribution in [2.45, 2.75) is 27.3 Å². The summed E-state index contributed by atoms with van der Waals surface area (Å²) in [6.45, 7) is 3.95. The molecule has 0 saturated heterocycles. The fraction of sp³-hybridized carbons (Fsp3) is 0.235. The summed E-state index contributed by atoms with van der Waals surface area (Å²) in [6.07, 6.45) is 0. The maximum absolute atomic E-state index is 13.8. The van der Waals surface area contributed by atoms with Gasteiger partial charge in [0, 0.05) is 5.56 Å². The highest BCUT2D eigenvalue weighted by atomic mass is 19.2. The minimum Gasteiger partial charge on any atom is -0.361 e. The molecule has 0 aliphatic rings. The highest BCUT2D eigenvalue weighted by Gasteiger charge is 2.30. The van der Waals surface area contributed by atoms with Crippen LogP contribution in [0.5, 0.6) is 0 Å². The van der Waals surface area contributed by atoms with Gasteiger partial charge in [-0.25, -0.2) is 22.0 Å². The molecule has 164 valence electrons. The van der Waals surface area contributed by atoms with Gasteiger partial charge in [-0.3, -0.25) is 19.6 Å². The van der Waals surface area contributed by atoms with Crippen LogP contribution in [0.15, 0.2) is 4.52 Å². The van der Waals surface area contributed by atoms with Crippen LogP contribution >= 0.6 is 0 Å². The van der Waals surface area contributed by atoms with Crippen molar-refractivity contribution >= 4 is 17.3 Å². The average molecular weight is 445 g/mol. The monoisotopic (exact) mass is 445 g/mol. The Kier molecular flexibility index (Phi) is 5.48. The first-order chi connectivity index (χ1) is 14.5. The molecule has 3 rings (SSSR count). The van der Waals surface area contributed by atoms with E-state index in [1.54, 1.807) is 5.32 Å². The van der Waals surface area contributed by atoms with Gasteiger partial charge in [0.15, 0.2) is 29.0 Å². The lowest BCUT2D eigenvalue weighted by Gasteiger charge is -2.10. The van der Waals surface area contributed by atoms with E-state index in [1.165, 1.54) is 25.5 Å². The van der Waals surface area contributed by atoms with E-state index in [-0.39, 0.29) is 34.9 Å². The number of hydrogen-bond acceptors (Lipinski definition) is 6. The Morgan fingerprint density at radius 1 is 1.06 bits per heavy atom. The number of carbonyl (C=O) groups excluding carboxylic acids is 1. The summed E-state index contributed by atoms with van der Waals surface area (Å²) in [5, 5.41) is 20.2. The number of hydrogen-bond donors (Lipinski definition) is 1. The van der Waals surface area contributed by atoms with E-state index in [9.17, 15) is 36.9 Å². The maximum Gasteiger partial charge on any atom is 0.312 e. The molecule has 0 fully saturated rings. The first-order valence-corrected chi connectivity index (χ1v) is 8.42. The van der Waals surface area contributed by atoms with Gasteiger partial charge in [0.2, 0.25) is 5.82 Å². The number of amides is 1. The molecule has 2 aromatic heterocycles. The molecule has 1 aromatic carbocycles. The number of nitrogens with one attached hydrogen (secondary N) is 1. The fourth-order valence-electron chi connectivity index (χ4n) is 2.90. The molecule has 0 aliphatic heterocycles. The van der Waals surface area contributed by atoms with Crippen molar-refractivity contribution in [2.24, 2.45) is 0 Å². The molecule has 3 aromatic rings. The number of aryl methyl sites for hydroxylation is 2. The zero-order valence-corrected chi connectivity index (χ0v) is 16.0. The predicted molar refractivity (Wildman–Crippen MR) is 92.9 cm³/mol. The summed E-state index contributed by atoms with van der Waals surface area (Å²) in [5.74, 6) is -12.6. The summed E-state index contributed by atoms with van der Waals surface area (Å²) in [6, 6.07) is 0. The van der Waals surface area contributed by atoms with Gasteiger partial charge in [0.25, 0.3) is 5.91 Å². The van der Waals surface area contributed by atoms with Crippen LogP contribution in [0.4, 0.5) is 33.3 Å². The largest absolute Gasteiger partial charge is 0.361 e. The molecule has 0 atom stereocenters. The Morgan fingerprint density at radius 3 is 2.13 bits per heavy atom. The Morgan fingerprint density at radius 2 is 1.61 bits per heavy atom. The third-order valence-corrected chi connectivity index (χ3v) is 4.48. The van der Waals surface area contributed by atoms with E-state index in [2.05, 4.69) is 10.3 Å². The quantitative estimate of drug-likeness (QED) is 0.211. The van der Waals surface area contributed by atoms with Crippen LogP contribution < -0.4 is 5.32 Å². The van der Waals surface area contributed by atoms with E-state index < -0.39 is 51.3 Å². The van der Waals surface area contributed by atoms with E-state index in [0.717, 1.165) is 0 Å². The second kappa shape index (κ2) is 7.77. The number of carbonyl (C=O) groups is 1. The molecule has 31 heavy (non-hydrogen) atoms. The molecule has 0 unspecified atom stereocenters. The highest BCUT2D eigenvalue weighted by Crippen LogP contribution is 2.28. The van der Waals surface area contributed by atoms with Crippen molar-refractivity contribution in [1.82, 2.24) is 14.9 Å². The molecule has 14 heteroatoms. The number of nitro groups is 1. The zero-order chi connectivity index (χ0) is 23.2. The highest BCUT2D eigenvalue weighted by molar-refractivity contribution is 6.04. The molecule has 0 spiro atoms. The topological polar surface area (TPSA) is 116 Å². The van der Waals surface area contributed by atoms with Gasteiger partial charge >= 0.3 is 5.69 Å². The number of halogens is 5. The van der Waals surface area contributed by atoms with Crippen molar-refractivity contribution in [3.8, 4) is 0 Å². The van der Waals surface area contributed by atoms with E-state index in [0.29, 0.717) is 0 Å². The first-order valence-electron chi connectivity index (χ1n) is 8.42. The zero-order valence-electron chi connectivity index (χ0n) is 16.0. The standard InChI is InChI=1S/C17H12F5N5O4/c1-5-16(27(29)30)6(2)26(24-5)4-8-7(3)31-25-14(8)17(28)23-15-12(21)10(19)9(18)11(20)13(15)22/h4H2,1-3H3,(H,23,28). The fourth-order valence-corrected chi connectivity index (χ4v) is 2.90.